The summed E-state index contributed by atoms with van der Waals surface area (Å²) in [6, 6.07) is 19.0. The first kappa shape index (κ1) is 21.5. The summed E-state index contributed by atoms with van der Waals surface area (Å²) in [5, 5.41) is 0. The van der Waals surface area contributed by atoms with Crippen molar-refractivity contribution in [3.63, 3.8) is 0 Å². The predicted molar refractivity (Wildman–Crippen MR) is 114 cm³/mol. The van der Waals surface area contributed by atoms with Crippen LogP contribution in [0.1, 0.15) is 29.9 Å². The number of piperidine rings is 1. The van der Waals surface area contributed by atoms with Crippen LogP contribution in [0.4, 0.5) is 17.6 Å². The molecule has 0 aliphatic carbocycles. The van der Waals surface area contributed by atoms with Gasteiger partial charge in [0.05, 0.1) is 12.2 Å². The summed E-state index contributed by atoms with van der Waals surface area (Å²) in [6.45, 7) is 2.07. The third-order valence-corrected chi connectivity index (χ3v) is 5.85. The summed E-state index contributed by atoms with van der Waals surface area (Å²) in [5.41, 5.74) is 5.63. The van der Waals surface area contributed by atoms with Crippen molar-refractivity contribution in [1.29, 1.82) is 0 Å². The fourth-order valence-corrected chi connectivity index (χ4v) is 4.29. The van der Waals surface area contributed by atoms with E-state index in [9.17, 15) is 17.6 Å². The molecule has 0 unspecified atom stereocenters. The number of benzene rings is 2. The van der Waals surface area contributed by atoms with Gasteiger partial charge in [-0.3, -0.25) is 4.90 Å². The second-order valence-electron chi connectivity index (χ2n) is 8.18. The van der Waals surface area contributed by atoms with Crippen molar-refractivity contribution in [2.45, 2.75) is 31.9 Å². The van der Waals surface area contributed by atoms with E-state index in [1.54, 1.807) is 12.1 Å². The molecule has 1 saturated heterocycles. The van der Waals surface area contributed by atoms with Crippen LogP contribution in [0, 0.1) is 12.9 Å². The molecule has 1 aliphatic rings. The van der Waals surface area contributed by atoms with Gasteiger partial charge in [0.2, 0.25) is 5.95 Å². The quantitative estimate of drug-likeness (QED) is 0.344. The number of hydrogen-bond donors (Lipinski definition) is 0. The van der Waals surface area contributed by atoms with Crippen LogP contribution in [0.15, 0.2) is 60.7 Å². The number of likely N-dealkylation sites (tertiary alicyclic amines) is 1. The lowest BCUT2D eigenvalue weighted by atomic mass is 9.87. The maximum Gasteiger partial charge on any atom is 0.401 e. The van der Waals surface area contributed by atoms with E-state index in [4.69, 9.17) is 0 Å². The minimum absolute atomic E-state index is 0.265. The fraction of sp³-hybridized carbons (Fsp3) is 0.320. The molecule has 31 heavy (non-hydrogen) atoms. The molecule has 1 fully saturated rings. The van der Waals surface area contributed by atoms with Gasteiger partial charge in [-0.05, 0) is 73.7 Å². The zero-order chi connectivity index (χ0) is 22.0. The lowest BCUT2D eigenvalue weighted by Crippen LogP contribution is -2.39. The summed E-state index contributed by atoms with van der Waals surface area (Å²) in [4.78, 5) is 5.52. The minimum atomic E-state index is -4.14. The molecule has 162 valence electrons. The number of aromatic nitrogens is 1. The highest BCUT2D eigenvalue weighted by Gasteiger charge is 2.32. The number of pyridine rings is 1. The van der Waals surface area contributed by atoms with Crippen molar-refractivity contribution in [3.05, 3.63) is 77.7 Å². The second kappa shape index (κ2) is 8.79. The van der Waals surface area contributed by atoms with E-state index in [2.05, 4.69) is 17.1 Å². The summed E-state index contributed by atoms with van der Waals surface area (Å²) < 4.78 is 51.5. The highest BCUT2D eigenvalue weighted by atomic mass is 19.4. The Morgan fingerprint density at radius 2 is 1.65 bits per heavy atom. The second-order valence-corrected chi connectivity index (χ2v) is 8.18. The maximum absolute atomic E-state index is 13.7. The van der Waals surface area contributed by atoms with Gasteiger partial charge in [-0.2, -0.15) is 17.6 Å². The van der Waals surface area contributed by atoms with E-state index in [-0.39, 0.29) is 5.92 Å². The summed E-state index contributed by atoms with van der Waals surface area (Å²) in [6.07, 6.45) is -2.70. The Hall–Kier alpha value is -2.73. The Morgan fingerprint density at radius 1 is 0.935 bits per heavy atom. The standard InChI is InChI=1S/C25H24F4N2/c1-17-5-10-21(22(15-17)23-3-2-4-24(26)30-23)20-8-6-18(7-9-20)19-11-13-31(14-12-19)16-25(27,28)29/h2-10,15,19H,11-14,16H2,1H3. The molecule has 6 heteroatoms. The third-order valence-electron chi connectivity index (χ3n) is 5.85. The van der Waals surface area contributed by atoms with Crippen molar-refractivity contribution >= 4 is 0 Å². The smallest absolute Gasteiger partial charge is 0.295 e. The van der Waals surface area contributed by atoms with Crippen LogP contribution in [0.3, 0.4) is 0 Å². The molecule has 2 nitrogen and oxygen atoms in total. The van der Waals surface area contributed by atoms with E-state index in [0.717, 1.165) is 40.7 Å². The largest absolute Gasteiger partial charge is 0.401 e. The Balaban J connectivity index is 1.53. The van der Waals surface area contributed by atoms with Gasteiger partial charge in [-0.1, -0.05) is 48.0 Å². The lowest BCUT2D eigenvalue weighted by molar-refractivity contribution is -0.147. The molecule has 2 heterocycles. The van der Waals surface area contributed by atoms with Crippen molar-refractivity contribution < 1.29 is 17.6 Å². The van der Waals surface area contributed by atoms with Gasteiger partial charge in [0, 0.05) is 5.56 Å². The Kier molecular flexibility index (Phi) is 6.10. The summed E-state index contributed by atoms with van der Waals surface area (Å²) in [5.74, 6) is -0.252. The highest BCUT2D eigenvalue weighted by molar-refractivity contribution is 5.82. The first-order valence-corrected chi connectivity index (χ1v) is 10.4. The number of rotatable bonds is 4. The van der Waals surface area contributed by atoms with Crippen LogP contribution in [-0.4, -0.2) is 35.7 Å². The summed E-state index contributed by atoms with van der Waals surface area (Å²) in [7, 11) is 0. The minimum Gasteiger partial charge on any atom is -0.295 e. The molecule has 0 radical (unpaired) electrons. The number of hydrogen-bond acceptors (Lipinski definition) is 2. The van der Waals surface area contributed by atoms with Crippen LogP contribution in [0.25, 0.3) is 22.4 Å². The van der Waals surface area contributed by atoms with Gasteiger partial charge in [0.1, 0.15) is 0 Å². The molecule has 1 aromatic heterocycles. The first-order valence-electron chi connectivity index (χ1n) is 10.4. The van der Waals surface area contributed by atoms with Crippen LogP contribution in [0.5, 0.6) is 0 Å². The van der Waals surface area contributed by atoms with Crippen molar-refractivity contribution in [3.8, 4) is 22.4 Å². The molecule has 2 aromatic carbocycles. The average molecular weight is 428 g/mol. The van der Waals surface area contributed by atoms with E-state index in [1.165, 1.54) is 11.0 Å². The highest BCUT2D eigenvalue weighted by Crippen LogP contribution is 2.35. The van der Waals surface area contributed by atoms with Gasteiger partial charge in [0.15, 0.2) is 0 Å². The molecular weight excluding hydrogens is 404 g/mol. The molecule has 0 N–H and O–H groups in total. The molecule has 0 saturated carbocycles. The molecule has 4 rings (SSSR count). The molecular formula is C25H24F4N2. The topological polar surface area (TPSA) is 16.1 Å². The van der Waals surface area contributed by atoms with Gasteiger partial charge < -0.3 is 0 Å². The van der Waals surface area contributed by atoms with Crippen LogP contribution < -0.4 is 0 Å². The number of alkyl halides is 3. The zero-order valence-electron chi connectivity index (χ0n) is 17.3. The number of nitrogens with zero attached hydrogens (tertiary/aromatic N) is 2. The predicted octanol–water partition coefficient (Wildman–Crippen LogP) is 6.60. The molecule has 0 atom stereocenters. The Labute approximate surface area is 179 Å². The number of halogens is 4. The van der Waals surface area contributed by atoms with Crippen LogP contribution in [0.2, 0.25) is 0 Å². The van der Waals surface area contributed by atoms with Crippen molar-refractivity contribution in [2.24, 2.45) is 0 Å². The Morgan fingerprint density at radius 3 is 2.29 bits per heavy atom. The van der Waals surface area contributed by atoms with Gasteiger partial charge in [-0.25, -0.2) is 4.98 Å². The average Bonchev–Trinajstić information content (AvgIpc) is 2.73. The molecule has 3 aromatic rings. The van der Waals surface area contributed by atoms with E-state index < -0.39 is 18.7 Å². The first-order chi connectivity index (χ1) is 14.8. The van der Waals surface area contributed by atoms with Gasteiger partial charge >= 0.3 is 6.18 Å². The fourth-order valence-electron chi connectivity index (χ4n) is 4.29. The monoisotopic (exact) mass is 428 g/mol. The van der Waals surface area contributed by atoms with Crippen molar-refractivity contribution in [2.75, 3.05) is 19.6 Å². The van der Waals surface area contributed by atoms with Gasteiger partial charge in [0.25, 0.3) is 0 Å². The SMILES string of the molecule is Cc1ccc(-c2ccc(C3CCN(CC(F)(F)F)CC3)cc2)c(-c2cccc(F)n2)c1. The van der Waals surface area contributed by atoms with Crippen molar-refractivity contribution in [1.82, 2.24) is 9.88 Å². The molecule has 0 bridgehead atoms. The molecule has 1 aliphatic heterocycles. The van der Waals surface area contributed by atoms with Crippen LogP contribution >= 0.6 is 0 Å². The molecule has 0 amide bonds. The van der Waals surface area contributed by atoms with E-state index in [0.29, 0.717) is 18.8 Å². The maximum atomic E-state index is 13.7. The Bertz CT molecular complexity index is 1040. The van der Waals surface area contributed by atoms with E-state index >= 15 is 0 Å². The van der Waals surface area contributed by atoms with E-state index in [1.807, 2.05) is 37.3 Å². The molecule has 0 spiro atoms. The summed E-state index contributed by atoms with van der Waals surface area (Å²) >= 11 is 0. The number of aryl methyl sites for hydroxylation is 1. The zero-order valence-corrected chi connectivity index (χ0v) is 17.3. The normalized spacial score (nSPS) is 15.9. The third kappa shape index (κ3) is 5.31. The van der Waals surface area contributed by atoms with Gasteiger partial charge in [-0.15, -0.1) is 0 Å². The lowest BCUT2D eigenvalue weighted by Gasteiger charge is -2.32. The van der Waals surface area contributed by atoms with Crippen LogP contribution in [-0.2, 0) is 0 Å².